The third kappa shape index (κ3) is 3.14. The van der Waals surface area contributed by atoms with Gasteiger partial charge in [-0.25, -0.2) is 14.3 Å². The van der Waals surface area contributed by atoms with E-state index in [0.29, 0.717) is 0 Å². The summed E-state index contributed by atoms with van der Waals surface area (Å²) < 4.78 is 1.07. The number of nitrogens with zero attached hydrogens (tertiary/aromatic N) is 3. The summed E-state index contributed by atoms with van der Waals surface area (Å²) in [6.07, 6.45) is 3.18. The molecule has 0 aliphatic rings. The highest BCUT2D eigenvalue weighted by Crippen LogP contribution is 2.16. The minimum Gasteiger partial charge on any atom is -0.480 e. The molecule has 1 heterocycles. The van der Waals surface area contributed by atoms with Gasteiger partial charge in [0.1, 0.15) is 6.04 Å². The summed E-state index contributed by atoms with van der Waals surface area (Å²) in [4.78, 5) is 22.2. The zero-order chi connectivity index (χ0) is 15.4. The standard InChI is InChI=1S/C14H13N3O4/c1-9(13(18)19)17-11(12(14(20)21)15-16-17)8-7-10-5-3-2-4-6-10/h2-9H,1H3,(H,18,19)(H,20,21)/b8-7+. The Morgan fingerprint density at radius 2 is 1.86 bits per heavy atom. The minimum absolute atomic E-state index is 0.140. The molecular weight excluding hydrogens is 274 g/mol. The van der Waals surface area contributed by atoms with Crippen molar-refractivity contribution in [2.45, 2.75) is 13.0 Å². The van der Waals surface area contributed by atoms with Crippen LogP contribution in [-0.2, 0) is 4.79 Å². The summed E-state index contributed by atoms with van der Waals surface area (Å²) in [5.74, 6) is -2.38. The number of hydrogen-bond donors (Lipinski definition) is 2. The van der Waals surface area contributed by atoms with E-state index in [1.54, 1.807) is 6.08 Å². The van der Waals surface area contributed by atoms with E-state index < -0.39 is 18.0 Å². The Morgan fingerprint density at radius 1 is 1.19 bits per heavy atom. The number of benzene rings is 1. The number of aromatic nitrogens is 3. The number of carbonyl (C=O) groups is 2. The maximum absolute atomic E-state index is 11.1. The van der Waals surface area contributed by atoms with Gasteiger partial charge in [-0.2, -0.15) is 0 Å². The fourth-order valence-corrected chi connectivity index (χ4v) is 1.74. The fraction of sp³-hybridized carbons (Fsp3) is 0.143. The number of carboxylic acid groups (broad SMARTS) is 2. The molecule has 1 aromatic heterocycles. The van der Waals surface area contributed by atoms with Crippen molar-refractivity contribution in [1.29, 1.82) is 0 Å². The number of rotatable bonds is 5. The molecule has 0 bridgehead atoms. The van der Waals surface area contributed by atoms with Crippen LogP contribution in [0.4, 0.5) is 0 Å². The highest BCUT2D eigenvalue weighted by molar-refractivity contribution is 5.90. The number of aliphatic carboxylic acids is 1. The maximum Gasteiger partial charge on any atom is 0.358 e. The summed E-state index contributed by atoms with van der Waals surface area (Å²) in [7, 11) is 0. The molecule has 21 heavy (non-hydrogen) atoms. The first kappa shape index (κ1) is 14.4. The minimum atomic E-state index is -1.26. The molecule has 1 atom stereocenters. The van der Waals surface area contributed by atoms with E-state index in [9.17, 15) is 9.59 Å². The Kier molecular flexibility index (Phi) is 4.13. The van der Waals surface area contributed by atoms with Crippen LogP contribution < -0.4 is 0 Å². The lowest BCUT2D eigenvalue weighted by atomic mass is 10.2. The van der Waals surface area contributed by atoms with Crippen molar-refractivity contribution in [3.05, 3.63) is 47.3 Å². The molecule has 0 fully saturated rings. The molecule has 108 valence electrons. The van der Waals surface area contributed by atoms with Crippen LogP contribution in [-0.4, -0.2) is 37.1 Å². The lowest BCUT2D eigenvalue weighted by molar-refractivity contribution is -0.140. The molecule has 2 N–H and O–H groups in total. The first-order valence-electron chi connectivity index (χ1n) is 6.15. The average molecular weight is 287 g/mol. The van der Waals surface area contributed by atoms with Crippen LogP contribution in [0.5, 0.6) is 0 Å². The van der Waals surface area contributed by atoms with E-state index in [0.717, 1.165) is 10.2 Å². The Labute approximate surface area is 120 Å². The molecule has 0 saturated heterocycles. The predicted molar refractivity (Wildman–Crippen MR) is 74.7 cm³/mol. The van der Waals surface area contributed by atoms with Gasteiger partial charge in [-0.05, 0) is 18.6 Å². The smallest absolute Gasteiger partial charge is 0.358 e. The summed E-state index contributed by atoms with van der Waals surface area (Å²) >= 11 is 0. The predicted octanol–water partition coefficient (Wildman–Crippen LogP) is 1.79. The van der Waals surface area contributed by atoms with Crippen molar-refractivity contribution in [3.8, 4) is 0 Å². The second-order valence-corrected chi connectivity index (χ2v) is 4.33. The fourth-order valence-electron chi connectivity index (χ4n) is 1.74. The number of hydrogen-bond acceptors (Lipinski definition) is 4. The van der Waals surface area contributed by atoms with Gasteiger partial charge in [-0.1, -0.05) is 41.6 Å². The molecule has 0 amide bonds. The van der Waals surface area contributed by atoms with Crippen LogP contribution in [0.3, 0.4) is 0 Å². The van der Waals surface area contributed by atoms with Crippen LogP contribution in [0.1, 0.15) is 34.7 Å². The maximum atomic E-state index is 11.1. The van der Waals surface area contributed by atoms with Crippen LogP contribution in [0.25, 0.3) is 12.2 Å². The van der Waals surface area contributed by atoms with Gasteiger partial charge >= 0.3 is 11.9 Å². The SMILES string of the molecule is CC(C(=O)O)n1nnc(C(=O)O)c1/C=C/c1ccccc1. The third-order valence-corrected chi connectivity index (χ3v) is 2.89. The van der Waals surface area contributed by atoms with Crippen molar-refractivity contribution in [2.24, 2.45) is 0 Å². The summed E-state index contributed by atoms with van der Waals surface area (Å²) in [6.45, 7) is 1.41. The Bertz CT molecular complexity index is 691. The number of carboxylic acids is 2. The van der Waals surface area contributed by atoms with Crippen molar-refractivity contribution in [3.63, 3.8) is 0 Å². The molecule has 7 nitrogen and oxygen atoms in total. The molecule has 0 saturated carbocycles. The monoisotopic (exact) mass is 287 g/mol. The summed E-state index contributed by atoms with van der Waals surface area (Å²) in [5.41, 5.74) is 0.709. The van der Waals surface area contributed by atoms with Crippen molar-refractivity contribution < 1.29 is 19.8 Å². The van der Waals surface area contributed by atoms with Crippen LogP contribution in [0.2, 0.25) is 0 Å². The molecule has 0 aliphatic heterocycles. The van der Waals surface area contributed by atoms with E-state index in [4.69, 9.17) is 10.2 Å². The first-order chi connectivity index (χ1) is 10.0. The van der Waals surface area contributed by atoms with Crippen LogP contribution >= 0.6 is 0 Å². The van der Waals surface area contributed by atoms with Crippen molar-refractivity contribution in [2.75, 3.05) is 0 Å². The topological polar surface area (TPSA) is 105 Å². The Hall–Kier alpha value is -2.96. The molecule has 0 spiro atoms. The van der Waals surface area contributed by atoms with Gasteiger partial charge in [0.15, 0.2) is 5.69 Å². The molecule has 2 rings (SSSR count). The molecule has 7 heteroatoms. The second kappa shape index (κ2) is 6.00. The first-order valence-corrected chi connectivity index (χ1v) is 6.15. The van der Waals surface area contributed by atoms with Gasteiger partial charge < -0.3 is 10.2 Å². The Morgan fingerprint density at radius 3 is 2.43 bits per heavy atom. The van der Waals surface area contributed by atoms with Gasteiger partial charge in [-0.15, -0.1) is 5.10 Å². The molecule has 1 aromatic carbocycles. The average Bonchev–Trinajstić information content (AvgIpc) is 2.89. The summed E-state index contributed by atoms with van der Waals surface area (Å²) in [6, 6.07) is 8.21. The summed E-state index contributed by atoms with van der Waals surface area (Å²) in [5, 5.41) is 25.3. The van der Waals surface area contributed by atoms with Crippen LogP contribution in [0.15, 0.2) is 30.3 Å². The van der Waals surface area contributed by atoms with Crippen molar-refractivity contribution in [1.82, 2.24) is 15.0 Å². The third-order valence-electron chi connectivity index (χ3n) is 2.89. The van der Waals surface area contributed by atoms with Crippen LogP contribution in [0, 0.1) is 0 Å². The molecule has 0 radical (unpaired) electrons. The second-order valence-electron chi connectivity index (χ2n) is 4.33. The van der Waals surface area contributed by atoms with Crippen molar-refractivity contribution >= 4 is 24.1 Å². The molecule has 1 unspecified atom stereocenters. The highest BCUT2D eigenvalue weighted by atomic mass is 16.4. The largest absolute Gasteiger partial charge is 0.480 e. The van der Waals surface area contributed by atoms with Gasteiger partial charge in [-0.3, -0.25) is 0 Å². The van der Waals surface area contributed by atoms with Gasteiger partial charge in [0.05, 0.1) is 5.69 Å². The van der Waals surface area contributed by atoms with Gasteiger partial charge in [0.2, 0.25) is 0 Å². The highest BCUT2D eigenvalue weighted by Gasteiger charge is 2.23. The molecule has 0 aliphatic carbocycles. The van der Waals surface area contributed by atoms with Gasteiger partial charge in [0.25, 0.3) is 0 Å². The van der Waals surface area contributed by atoms with E-state index in [1.807, 2.05) is 30.3 Å². The van der Waals surface area contributed by atoms with Gasteiger partial charge in [0, 0.05) is 0 Å². The van der Waals surface area contributed by atoms with E-state index in [2.05, 4.69) is 10.3 Å². The normalized spacial score (nSPS) is 12.4. The zero-order valence-corrected chi connectivity index (χ0v) is 11.2. The Balaban J connectivity index is 2.44. The zero-order valence-electron chi connectivity index (χ0n) is 11.2. The lowest BCUT2D eigenvalue weighted by Crippen LogP contribution is -2.18. The van der Waals surface area contributed by atoms with E-state index >= 15 is 0 Å². The number of aromatic carboxylic acids is 1. The molecule has 2 aromatic rings. The quantitative estimate of drug-likeness (QED) is 0.868. The lowest BCUT2D eigenvalue weighted by Gasteiger charge is -2.08. The van der Waals surface area contributed by atoms with E-state index in [-0.39, 0.29) is 11.4 Å². The van der Waals surface area contributed by atoms with E-state index in [1.165, 1.54) is 13.0 Å². The molecular formula is C14H13N3O4.